The van der Waals surface area contributed by atoms with E-state index < -0.39 is 17.9 Å². The van der Waals surface area contributed by atoms with Crippen molar-refractivity contribution >= 4 is 55.1 Å². The van der Waals surface area contributed by atoms with Crippen LogP contribution in [0.4, 0.5) is 0 Å². The van der Waals surface area contributed by atoms with Crippen molar-refractivity contribution in [1.82, 2.24) is 5.32 Å². The van der Waals surface area contributed by atoms with Crippen molar-refractivity contribution in [2.75, 3.05) is 0 Å². The van der Waals surface area contributed by atoms with E-state index in [0.717, 1.165) is 9.35 Å². The maximum absolute atomic E-state index is 12.2. The zero-order chi connectivity index (χ0) is 15.4. The van der Waals surface area contributed by atoms with Crippen LogP contribution in [0.15, 0.2) is 44.0 Å². The Labute approximate surface area is 142 Å². The first-order chi connectivity index (χ1) is 9.97. The van der Waals surface area contributed by atoms with E-state index in [-0.39, 0.29) is 6.42 Å². The van der Waals surface area contributed by atoms with Crippen molar-refractivity contribution < 1.29 is 14.7 Å². The molecule has 4 nitrogen and oxygen atoms in total. The van der Waals surface area contributed by atoms with Crippen LogP contribution in [0, 0.1) is 0 Å². The monoisotopic (exact) mass is 431 g/mol. The van der Waals surface area contributed by atoms with Crippen LogP contribution in [0.3, 0.4) is 0 Å². The second kappa shape index (κ2) is 7.20. The number of carbonyl (C=O) groups is 2. The predicted octanol–water partition coefficient (Wildman–Crippen LogP) is 3.70. The molecule has 2 aromatic rings. The Bertz CT molecular complexity index is 657. The molecule has 2 N–H and O–H groups in total. The minimum Gasteiger partial charge on any atom is -0.480 e. The third kappa shape index (κ3) is 4.39. The lowest BCUT2D eigenvalue weighted by Gasteiger charge is -2.14. The molecule has 0 aliphatic carbocycles. The molecule has 0 saturated heterocycles. The summed E-state index contributed by atoms with van der Waals surface area (Å²) in [6, 6.07) is 9.89. The topological polar surface area (TPSA) is 66.4 Å². The summed E-state index contributed by atoms with van der Waals surface area (Å²) < 4.78 is 1.46. The van der Waals surface area contributed by atoms with E-state index >= 15 is 0 Å². The van der Waals surface area contributed by atoms with E-state index in [1.54, 1.807) is 6.07 Å². The van der Waals surface area contributed by atoms with Crippen LogP contribution in [0.25, 0.3) is 0 Å². The molecule has 21 heavy (non-hydrogen) atoms. The molecule has 0 aliphatic heterocycles. The van der Waals surface area contributed by atoms with Crippen LogP contribution in [-0.4, -0.2) is 23.0 Å². The van der Waals surface area contributed by atoms with Crippen molar-refractivity contribution in [2.45, 2.75) is 12.5 Å². The molecule has 1 aromatic carbocycles. The average molecular weight is 433 g/mol. The SMILES string of the molecule is O=C(N[C@@H](Cc1ccccc1)C(=O)O)c1cc(Br)sc1Br. The third-order valence-corrected chi connectivity index (χ3v) is 5.13. The van der Waals surface area contributed by atoms with E-state index in [2.05, 4.69) is 37.2 Å². The largest absolute Gasteiger partial charge is 0.480 e. The molecular weight excluding hydrogens is 422 g/mol. The Balaban J connectivity index is 2.11. The fraction of sp³-hybridized carbons (Fsp3) is 0.143. The Morgan fingerprint density at radius 2 is 1.90 bits per heavy atom. The van der Waals surface area contributed by atoms with Crippen molar-refractivity contribution in [3.63, 3.8) is 0 Å². The van der Waals surface area contributed by atoms with Crippen molar-refractivity contribution in [3.8, 4) is 0 Å². The molecule has 1 heterocycles. The summed E-state index contributed by atoms with van der Waals surface area (Å²) in [5.74, 6) is -1.47. The van der Waals surface area contributed by atoms with E-state index in [0.29, 0.717) is 9.35 Å². The van der Waals surface area contributed by atoms with Gasteiger partial charge in [-0.1, -0.05) is 30.3 Å². The molecule has 0 fully saturated rings. The number of thiophene rings is 1. The summed E-state index contributed by atoms with van der Waals surface area (Å²) in [6.07, 6.45) is 0.241. The minimum absolute atomic E-state index is 0.241. The van der Waals surface area contributed by atoms with E-state index in [1.807, 2.05) is 30.3 Å². The van der Waals surface area contributed by atoms with Crippen LogP contribution in [0.1, 0.15) is 15.9 Å². The molecule has 1 aromatic heterocycles. The number of aliphatic carboxylic acids is 1. The van der Waals surface area contributed by atoms with E-state index in [9.17, 15) is 14.7 Å². The van der Waals surface area contributed by atoms with Crippen molar-refractivity contribution in [3.05, 3.63) is 55.1 Å². The first-order valence-corrected chi connectivity index (χ1v) is 8.40. The number of hydrogen-bond donors (Lipinski definition) is 2. The molecule has 0 saturated carbocycles. The Morgan fingerprint density at radius 1 is 1.24 bits per heavy atom. The molecule has 0 unspecified atom stereocenters. The van der Waals surface area contributed by atoms with Gasteiger partial charge >= 0.3 is 5.97 Å². The number of hydrogen-bond acceptors (Lipinski definition) is 3. The van der Waals surface area contributed by atoms with Gasteiger partial charge in [0.1, 0.15) is 6.04 Å². The first kappa shape index (κ1) is 16.2. The van der Waals surface area contributed by atoms with Crippen molar-refractivity contribution in [1.29, 1.82) is 0 Å². The van der Waals surface area contributed by atoms with Crippen LogP contribution in [0.2, 0.25) is 0 Å². The summed E-state index contributed by atoms with van der Waals surface area (Å²) in [5, 5.41) is 11.8. The smallest absolute Gasteiger partial charge is 0.326 e. The number of rotatable bonds is 5. The average Bonchev–Trinajstić information content (AvgIpc) is 2.78. The zero-order valence-corrected chi connectivity index (χ0v) is 14.7. The quantitative estimate of drug-likeness (QED) is 0.756. The van der Waals surface area contributed by atoms with Gasteiger partial charge in [0, 0.05) is 6.42 Å². The highest BCUT2D eigenvalue weighted by molar-refractivity contribution is 9.12. The summed E-state index contributed by atoms with van der Waals surface area (Å²) in [6.45, 7) is 0. The number of carboxylic acid groups (broad SMARTS) is 1. The van der Waals surface area contributed by atoms with Crippen LogP contribution in [-0.2, 0) is 11.2 Å². The number of carboxylic acids is 1. The lowest BCUT2D eigenvalue weighted by atomic mass is 10.1. The van der Waals surface area contributed by atoms with Gasteiger partial charge in [-0.05, 0) is 43.5 Å². The highest BCUT2D eigenvalue weighted by atomic mass is 79.9. The van der Waals surface area contributed by atoms with Gasteiger partial charge in [0.15, 0.2) is 0 Å². The van der Waals surface area contributed by atoms with Gasteiger partial charge in [-0.15, -0.1) is 11.3 Å². The molecule has 1 atom stereocenters. The van der Waals surface area contributed by atoms with Crippen LogP contribution >= 0.6 is 43.2 Å². The van der Waals surface area contributed by atoms with Gasteiger partial charge in [-0.25, -0.2) is 4.79 Å². The first-order valence-electron chi connectivity index (χ1n) is 6.00. The summed E-state index contributed by atoms with van der Waals surface area (Å²) in [4.78, 5) is 23.5. The highest BCUT2D eigenvalue weighted by Crippen LogP contribution is 2.31. The second-order valence-electron chi connectivity index (χ2n) is 4.29. The molecule has 0 aliphatic rings. The molecule has 110 valence electrons. The van der Waals surface area contributed by atoms with Gasteiger partial charge in [-0.2, -0.15) is 0 Å². The predicted molar refractivity (Wildman–Crippen MR) is 88.8 cm³/mol. The minimum atomic E-state index is -1.06. The standard InChI is InChI=1S/C14H11Br2NO3S/c15-11-7-9(12(16)21-11)13(18)17-10(14(19)20)6-8-4-2-1-3-5-8/h1-5,7,10H,6H2,(H,17,18)(H,19,20)/t10-/m0/s1. The molecular formula is C14H11Br2NO3S. The maximum atomic E-state index is 12.2. The third-order valence-electron chi connectivity index (χ3n) is 2.79. The molecule has 0 bridgehead atoms. The molecule has 0 radical (unpaired) electrons. The number of benzene rings is 1. The summed E-state index contributed by atoms with van der Waals surface area (Å²) in [7, 11) is 0. The maximum Gasteiger partial charge on any atom is 0.326 e. The van der Waals surface area contributed by atoms with Gasteiger partial charge in [0.2, 0.25) is 0 Å². The number of halogens is 2. The van der Waals surface area contributed by atoms with Gasteiger partial charge in [-0.3, -0.25) is 4.79 Å². The second-order valence-corrected chi connectivity index (χ2v) is 8.04. The lowest BCUT2D eigenvalue weighted by molar-refractivity contribution is -0.139. The summed E-state index contributed by atoms with van der Waals surface area (Å²) >= 11 is 7.95. The van der Waals surface area contributed by atoms with Gasteiger partial charge < -0.3 is 10.4 Å². The number of nitrogens with one attached hydrogen (secondary N) is 1. The highest BCUT2D eigenvalue weighted by Gasteiger charge is 2.23. The van der Waals surface area contributed by atoms with Crippen LogP contribution < -0.4 is 5.32 Å². The van der Waals surface area contributed by atoms with E-state index in [4.69, 9.17) is 0 Å². The molecule has 7 heteroatoms. The lowest BCUT2D eigenvalue weighted by Crippen LogP contribution is -2.42. The number of amides is 1. The number of carbonyl (C=O) groups excluding carboxylic acids is 1. The fourth-order valence-corrected chi connectivity index (χ4v) is 4.57. The Morgan fingerprint density at radius 3 is 2.43 bits per heavy atom. The van der Waals surface area contributed by atoms with Crippen LogP contribution in [0.5, 0.6) is 0 Å². The normalized spacial score (nSPS) is 11.9. The molecule has 1 amide bonds. The Hall–Kier alpha value is -1.18. The fourth-order valence-electron chi connectivity index (χ4n) is 1.78. The van der Waals surface area contributed by atoms with E-state index in [1.165, 1.54) is 11.3 Å². The summed E-state index contributed by atoms with van der Waals surface area (Å²) in [5.41, 5.74) is 1.28. The zero-order valence-electron chi connectivity index (χ0n) is 10.7. The van der Waals surface area contributed by atoms with Gasteiger partial charge in [0.05, 0.1) is 13.1 Å². The Kier molecular flexibility index (Phi) is 5.55. The molecule has 0 spiro atoms. The van der Waals surface area contributed by atoms with Gasteiger partial charge in [0.25, 0.3) is 5.91 Å². The molecule has 2 rings (SSSR count). The van der Waals surface area contributed by atoms with Crippen molar-refractivity contribution in [2.24, 2.45) is 0 Å².